The standard InChI is InChI=1S/C61H45N7/c1-42-20-14-17-31-52(42)66(45-25-10-4-11-26-45)57-39-47(64-41-63-51-36-37-62-40-58(51)64)38-56(65(43-21-6-2-7-22-43)44-23-8-3-9-24-44)61(57)68-54-33-19-16-30-50(54)59-55(68)35-34-49-48-29-15-18-32-53(48)67(60(49)59)46-27-12-5-13-28-46/h2-42,52H,1H3. The van der Waals surface area contributed by atoms with Crippen LogP contribution in [-0.2, 0) is 0 Å². The quantitative estimate of drug-likeness (QED) is 0.145. The molecule has 4 heterocycles. The Balaban J connectivity index is 1.25. The molecular formula is C61H45N7. The van der Waals surface area contributed by atoms with E-state index in [4.69, 9.17) is 4.98 Å². The molecule has 0 radical (unpaired) electrons. The van der Waals surface area contributed by atoms with Crippen LogP contribution in [0.2, 0.25) is 0 Å². The number of hydrogen-bond acceptors (Lipinski definition) is 4. The van der Waals surface area contributed by atoms with Crippen LogP contribution in [-0.4, -0.2) is 29.7 Å². The Morgan fingerprint density at radius 3 is 1.79 bits per heavy atom. The third kappa shape index (κ3) is 6.27. The highest BCUT2D eigenvalue weighted by Gasteiger charge is 2.33. The summed E-state index contributed by atoms with van der Waals surface area (Å²) in [5.41, 5.74) is 14.7. The maximum Gasteiger partial charge on any atom is 0.100 e. The average Bonchev–Trinajstić information content (AvgIpc) is 4.09. The molecule has 0 fully saturated rings. The second kappa shape index (κ2) is 16.2. The van der Waals surface area contributed by atoms with E-state index in [0.29, 0.717) is 0 Å². The van der Waals surface area contributed by atoms with Crippen molar-refractivity contribution in [2.45, 2.75) is 13.0 Å². The van der Waals surface area contributed by atoms with Gasteiger partial charge in [-0.3, -0.25) is 9.55 Å². The predicted molar refractivity (Wildman–Crippen MR) is 282 cm³/mol. The van der Waals surface area contributed by atoms with Crippen LogP contribution in [0.3, 0.4) is 0 Å². The Kier molecular flexibility index (Phi) is 9.39. The van der Waals surface area contributed by atoms with E-state index in [1.807, 2.05) is 24.8 Å². The van der Waals surface area contributed by atoms with Gasteiger partial charge in [-0.2, -0.15) is 0 Å². The molecule has 1 aliphatic carbocycles. The molecule has 0 saturated carbocycles. The molecule has 13 rings (SSSR count). The minimum atomic E-state index is -0.0345. The van der Waals surface area contributed by atoms with Gasteiger partial charge in [-0.05, 0) is 90.8 Å². The topological polar surface area (TPSA) is 47.1 Å². The van der Waals surface area contributed by atoms with Crippen molar-refractivity contribution < 1.29 is 0 Å². The zero-order valence-electron chi connectivity index (χ0n) is 37.4. The number of hydrogen-bond donors (Lipinski definition) is 0. The van der Waals surface area contributed by atoms with Crippen LogP contribution < -0.4 is 9.80 Å². The van der Waals surface area contributed by atoms with Gasteiger partial charge in [0.25, 0.3) is 0 Å². The van der Waals surface area contributed by atoms with Crippen molar-refractivity contribution in [3.05, 3.63) is 243 Å². The van der Waals surface area contributed by atoms with Gasteiger partial charge in [0.2, 0.25) is 0 Å². The lowest BCUT2D eigenvalue weighted by molar-refractivity contribution is 0.609. The molecule has 7 nitrogen and oxygen atoms in total. The van der Waals surface area contributed by atoms with Gasteiger partial charge in [0.05, 0.1) is 68.1 Å². The molecule has 12 aromatic rings. The molecule has 1 aliphatic rings. The van der Waals surface area contributed by atoms with Gasteiger partial charge in [-0.25, -0.2) is 4.98 Å². The van der Waals surface area contributed by atoms with Crippen LogP contribution in [0.1, 0.15) is 6.92 Å². The van der Waals surface area contributed by atoms with Crippen molar-refractivity contribution in [2.24, 2.45) is 5.92 Å². The Bertz CT molecular complexity index is 3840. The molecule has 0 bridgehead atoms. The maximum absolute atomic E-state index is 4.92. The number of anilines is 5. The Labute approximate surface area is 394 Å². The number of pyridine rings is 1. The summed E-state index contributed by atoms with van der Waals surface area (Å²) in [6.45, 7) is 2.32. The molecule has 7 heteroatoms. The SMILES string of the molecule is CC1C=CC=CC1N(c1ccccc1)c1cc(-n2cnc3ccncc32)cc(N(c2ccccc2)c2ccccc2)c1-n1c2ccccc2c2c1ccc1c3ccccc3n(-c3ccccc3)c12. The summed E-state index contributed by atoms with van der Waals surface area (Å²) in [6.07, 6.45) is 14.7. The van der Waals surface area contributed by atoms with E-state index in [0.717, 1.165) is 67.6 Å². The number of aromatic nitrogens is 5. The fourth-order valence-electron chi connectivity index (χ4n) is 10.6. The fourth-order valence-corrected chi connectivity index (χ4v) is 10.6. The van der Waals surface area contributed by atoms with Crippen molar-refractivity contribution in [2.75, 3.05) is 9.80 Å². The van der Waals surface area contributed by atoms with Gasteiger partial charge in [0, 0.05) is 50.5 Å². The maximum atomic E-state index is 4.92. The molecule has 2 atom stereocenters. The number of fused-ring (bicyclic) bond motifs is 8. The van der Waals surface area contributed by atoms with Crippen LogP contribution in [0.25, 0.3) is 71.7 Å². The highest BCUT2D eigenvalue weighted by molar-refractivity contribution is 6.26. The number of allylic oxidation sites excluding steroid dienone is 2. The minimum Gasteiger partial charge on any atom is -0.332 e. The lowest BCUT2D eigenvalue weighted by Gasteiger charge is -2.39. The second-order valence-corrected chi connectivity index (χ2v) is 17.5. The summed E-state index contributed by atoms with van der Waals surface area (Å²) in [5.74, 6) is 0.178. The van der Waals surface area contributed by atoms with Crippen molar-refractivity contribution >= 4 is 83.1 Å². The van der Waals surface area contributed by atoms with E-state index in [9.17, 15) is 0 Å². The van der Waals surface area contributed by atoms with Gasteiger partial charge >= 0.3 is 0 Å². The normalized spacial score (nSPS) is 14.7. The Morgan fingerprint density at radius 2 is 1.09 bits per heavy atom. The van der Waals surface area contributed by atoms with E-state index in [2.05, 4.69) is 254 Å². The van der Waals surface area contributed by atoms with Gasteiger partial charge in [0.1, 0.15) is 6.33 Å². The number of para-hydroxylation sites is 6. The number of nitrogens with zero attached hydrogens (tertiary/aromatic N) is 7. The van der Waals surface area contributed by atoms with Gasteiger partial charge in [0.15, 0.2) is 0 Å². The number of rotatable bonds is 9. The molecule has 0 aliphatic heterocycles. The molecule has 4 aromatic heterocycles. The molecule has 0 amide bonds. The van der Waals surface area contributed by atoms with Crippen LogP contribution >= 0.6 is 0 Å². The van der Waals surface area contributed by atoms with Gasteiger partial charge < -0.3 is 18.9 Å². The molecule has 0 N–H and O–H groups in total. The van der Waals surface area contributed by atoms with Crippen LogP contribution in [0.15, 0.2) is 243 Å². The summed E-state index contributed by atoms with van der Waals surface area (Å²) < 4.78 is 7.19. The van der Waals surface area contributed by atoms with Crippen molar-refractivity contribution in [1.29, 1.82) is 0 Å². The lowest BCUT2D eigenvalue weighted by atomic mass is 9.93. The van der Waals surface area contributed by atoms with E-state index >= 15 is 0 Å². The van der Waals surface area contributed by atoms with E-state index in [-0.39, 0.29) is 12.0 Å². The first-order valence-corrected chi connectivity index (χ1v) is 23.3. The second-order valence-electron chi connectivity index (χ2n) is 17.5. The van der Waals surface area contributed by atoms with Crippen molar-refractivity contribution in [3.8, 4) is 17.1 Å². The van der Waals surface area contributed by atoms with E-state index < -0.39 is 0 Å². The Morgan fingerprint density at radius 1 is 0.485 bits per heavy atom. The third-order valence-corrected chi connectivity index (χ3v) is 13.6. The molecule has 2 unspecified atom stereocenters. The molecule has 324 valence electrons. The average molecular weight is 876 g/mol. The first kappa shape index (κ1) is 39.4. The zero-order chi connectivity index (χ0) is 45.1. The van der Waals surface area contributed by atoms with Crippen LogP contribution in [0.4, 0.5) is 28.4 Å². The van der Waals surface area contributed by atoms with Gasteiger partial charge in [-0.1, -0.05) is 146 Å². The van der Waals surface area contributed by atoms with Crippen LogP contribution in [0.5, 0.6) is 0 Å². The number of imidazole rings is 1. The highest BCUT2D eigenvalue weighted by Crippen LogP contribution is 2.51. The highest BCUT2D eigenvalue weighted by atomic mass is 15.2. The number of benzene rings is 8. The lowest BCUT2D eigenvalue weighted by Crippen LogP contribution is -2.36. The van der Waals surface area contributed by atoms with Crippen molar-refractivity contribution in [1.82, 2.24) is 23.7 Å². The minimum absolute atomic E-state index is 0.0345. The largest absolute Gasteiger partial charge is 0.332 e. The molecule has 0 spiro atoms. The van der Waals surface area contributed by atoms with Crippen molar-refractivity contribution in [3.63, 3.8) is 0 Å². The third-order valence-electron chi connectivity index (χ3n) is 13.6. The zero-order valence-corrected chi connectivity index (χ0v) is 37.4. The summed E-state index contributed by atoms with van der Waals surface area (Å²) in [6, 6.07) is 72.3. The Hall–Kier alpha value is -8.94. The van der Waals surface area contributed by atoms with E-state index in [1.165, 1.54) is 32.6 Å². The summed E-state index contributed by atoms with van der Waals surface area (Å²) in [4.78, 5) is 14.5. The van der Waals surface area contributed by atoms with Crippen LogP contribution in [0, 0.1) is 5.92 Å². The van der Waals surface area contributed by atoms with E-state index in [1.54, 1.807) is 0 Å². The molecule has 8 aromatic carbocycles. The first-order chi connectivity index (χ1) is 33.7. The summed E-state index contributed by atoms with van der Waals surface area (Å²) in [5, 5.41) is 4.80. The molecule has 68 heavy (non-hydrogen) atoms. The fraction of sp³-hybridized carbons (Fsp3) is 0.0492. The summed E-state index contributed by atoms with van der Waals surface area (Å²) >= 11 is 0. The van der Waals surface area contributed by atoms with Gasteiger partial charge in [-0.15, -0.1) is 0 Å². The first-order valence-electron chi connectivity index (χ1n) is 23.3. The smallest absolute Gasteiger partial charge is 0.100 e. The molecule has 0 saturated heterocycles. The molecular weight excluding hydrogens is 831 g/mol. The summed E-state index contributed by atoms with van der Waals surface area (Å²) in [7, 11) is 0. The predicted octanol–water partition coefficient (Wildman–Crippen LogP) is 15.4. The monoisotopic (exact) mass is 875 g/mol.